The number of nitrogens with two attached hydrogens (primary N) is 1. The van der Waals surface area contributed by atoms with E-state index in [4.69, 9.17) is 15.2 Å². The average Bonchev–Trinajstić information content (AvgIpc) is 3.00. The molecule has 0 aromatic heterocycles. The molecule has 0 aliphatic heterocycles. The Bertz CT molecular complexity index is 536. The van der Waals surface area contributed by atoms with Crippen molar-refractivity contribution in [1.82, 2.24) is 5.32 Å². The summed E-state index contributed by atoms with van der Waals surface area (Å²) >= 11 is 3.46. The summed E-state index contributed by atoms with van der Waals surface area (Å²) in [5.41, 5.74) is 6.70. The summed E-state index contributed by atoms with van der Waals surface area (Å²) in [7, 11) is 3.19. The lowest BCUT2D eigenvalue weighted by Gasteiger charge is -2.18. The van der Waals surface area contributed by atoms with E-state index in [1.54, 1.807) is 14.2 Å². The van der Waals surface area contributed by atoms with E-state index in [2.05, 4.69) is 21.2 Å². The second-order valence-corrected chi connectivity index (χ2v) is 6.42. The highest BCUT2D eigenvalue weighted by Crippen LogP contribution is 2.36. The lowest BCUT2D eigenvalue weighted by Crippen LogP contribution is -2.34. The minimum atomic E-state index is 0.0496. The van der Waals surface area contributed by atoms with Crippen molar-refractivity contribution in [3.8, 4) is 11.5 Å². The predicted molar refractivity (Wildman–Crippen MR) is 89.0 cm³/mol. The lowest BCUT2D eigenvalue weighted by atomic mass is 9.95. The molecular formula is C16H23BrN2O3. The minimum Gasteiger partial charge on any atom is -0.493 e. The molecule has 1 saturated carbocycles. The van der Waals surface area contributed by atoms with Gasteiger partial charge in [-0.15, -0.1) is 0 Å². The highest BCUT2D eigenvalue weighted by Gasteiger charge is 2.31. The fourth-order valence-corrected chi connectivity index (χ4v) is 3.71. The number of hydrogen-bond acceptors (Lipinski definition) is 4. The number of methoxy groups -OCH3 is 2. The van der Waals surface area contributed by atoms with E-state index >= 15 is 0 Å². The molecule has 0 spiro atoms. The number of hydrogen-bond donors (Lipinski definition) is 2. The van der Waals surface area contributed by atoms with Gasteiger partial charge in [0.05, 0.1) is 18.7 Å². The molecule has 0 unspecified atom stereocenters. The third-order valence-corrected chi connectivity index (χ3v) is 4.85. The van der Waals surface area contributed by atoms with Gasteiger partial charge in [-0.25, -0.2) is 0 Å². The van der Waals surface area contributed by atoms with Crippen molar-refractivity contribution >= 4 is 21.8 Å². The molecule has 0 bridgehead atoms. The molecule has 22 heavy (non-hydrogen) atoms. The topological polar surface area (TPSA) is 73.6 Å². The first-order chi connectivity index (χ1) is 10.6. The van der Waals surface area contributed by atoms with Gasteiger partial charge in [0.15, 0.2) is 11.5 Å². The Hall–Kier alpha value is -1.27. The molecule has 1 amide bonds. The van der Waals surface area contributed by atoms with Gasteiger partial charge in [0.25, 0.3) is 0 Å². The van der Waals surface area contributed by atoms with Crippen molar-refractivity contribution in [2.45, 2.75) is 25.8 Å². The minimum absolute atomic E-state index is 0.0496. The van der Waals surface area contributed by atoms with Crippen LogP contribution in [0, 0.1) is 11.8 Å². The van der Waals surface area contributed by atoms with Crippen molar-refractivity contribution in [3.63, 3.8) is 0 Å². The van der Waals surface area contributed by atoms with Gasteiger partial charge in [-0.05, 0) is 58.9 Å². The Labute approximate surface area is 139 Å². The highest BCUT2D eigenvalue weighted by molar-refractivity contribution is 9.10. The molecule has 0 radical (unpaired) electrons. The Morgan fingerprint density at radius 1 is 1.36 bits per heavy atom. The van der Waals surface area contributed by atoms with Crippen molar-refractivity contribution in [2.24, 2.45) is 17.6 Å². The quantitative estimate of drug-likeness (QED) is 0.806. The summed E-state index contributed by atoms with van der Waals surface area (Å²) in [4.78, 5) is 12.3. The Morgan fingerprint density at radius 3 is 2.77 bits per heavy atom. The van der Waals surface area contributed by atoms with Crippen LogP contribution in [0.5, 0.6) is 11.5 Å². The van der Waals surface area contributed by atoms with Crippen LogP contribution >= 0.6 is 15.9 Å². The molecular weight excluding hydrogens is 348 g/mol. The maximum atomic E-state index is 12.3. The highest BCUT2D eigenvalue weighted by atomic mass is 79.9. The number of carbonyl (C=O) groups excluding carboxylic acids is 1. The fraction of sp³-hybridized carbons (Fsp3) is 0.562. The number of benzene rings is 1. The van der Waals surface area contributed by atoms with Crippen molar-refractivity contribution in [2.75, 3.05) is 20.8 Å². The summed E-state index contributed by atoms with van der Waals surface area (Å²) in [5, 5.41) is 3.01. The monoisotopic (exact) mass is 370 g/mol. The molecule has 3 N–H and O–H groups in total. The molecule has 122 valence electrons. The van der Waals surface area contributed by atoms with Crippen LogP contribution in [0.15, 0.2) is 16.6 Å². The standard InChI is InChI=1S/C16H23BrN2O3/c1-21-14-7-10(6-13(17)15(14)22-2)9-19-16(20)12-5-3-4-11(12)8-18/h6-7,11-12H,3-5,8-9,18H2,1-2H3,(H,19,20)/t11-,12-/m1/s1. The molecule has 1 aromatic rings. The smallest absolute Gasteiger partial charge is 0.223 e. The van der Waals surface area contributed by atoms with Crippen LogP contribution in [-0.2, 0) is 11.3 Å². The van der Waals surface area contributed by atoms with E-state index in [1.165, 1.54) is 0 Å². The fourth-order valence-electron chi connectivity index (χ4n) is 3.06. The number of halogens is 1. The van der Waals surface area contributed by atoms with Crippen LogP contribution < -0.4 is 20.5 Å². The van der Waals surface area contributed by atoms with Gasteiger partial charge in [-0.1, -0.05) is 6.42 Å². The summed E-state index contributed by atoms with van der Waals surface area (Å²) in [6.07, 6.45) is 3.07. The largest absolute Gasteiger partial charge is 0.493 e. The van der Waals surface area contributed by atoms with Gasteiger partial charge >= 0.3 is 0 Å². The molecule has 6 heteroatoms. The number of ether oxygens (including phenoxy) is 2. The Kier molecular flexibility index (Phi) is 6.08. The van der Waals surface area contributed by atoms with E-state index in [0.29, 0.717) is 30.5 Å². The molecule has 1 fully saturated rings. The van der Waals surface area contributed by atoms with E-state index in [0.717, 1.165) is 29.3 Å². The van der Waals surface area contributed by atoms with E-state index in [-0.39, 0.29) is 11.8 Å². The van der Waals surface area contributed by atoms with Crippen LogP contribution in [0.2, 0.25) is 0 Å². The first-order valence-electron chi connectivity index (χ1n) is 7.48. The second-order valence-electron chi connectivity index (χ2n) is 5.56. The van der Waals surface area contributed by atoms with Gasteiger partial charge in [-0.3, -0.25) is 4.79 Å². The van der Waals surface area contributed by atoms with Crippen molar-refractivity contribution in [3.05, 3.63) is 22.2 Å². The van der Waals surface area contributed by atoms with Gasteiger partial charge in [0.1, 0.15) is 0 Å². The summed E-state index contributed by atoms with van der Waals surface area (Å²) in [6, 6.07) is 3.80. The third kappa shape index (κ3) is 3.73. The van der Waals surface area contributed by atoms with E-state index < -0.39 is 0 Å². The molecule has 1 aromatic carbocycles. The first-order valence-corrected chi connectivity index (χ1v) is 8.28. The number of carbonyl (C=O) groups is 1. The molecule has 1 aliphatic carbocycles. The molecule has 0 heterocycles. The van der Waals surface area contributed by atoms with Crippen molar-refractivity contribution < 1.29 is 14.3 Å². The molecule has 2 atom stereocenters. The maximum absolute atomic E-state index is 12.3. The summed E-state index contributed by atoms with van der Waals surface area (Å²) in [5.74, 6) is 1.75. The number of amides is 1. The second kappa shape index (κ2) is 7.83. The van der Waals surface area contributed by atoms with E-state index in [9.17, 15) is 4.79 Å². The van der Waals surface area contributed by atoms with Crippen LogP contribution in [0.1, 0.15) is 24.8 Å². The lowest BCUT2D eigenvalue weighted by molar-refractivity contribution is -0.126. The van der Waals surface area contributed by atoms with Crippen molar-refractivity contribution in [1.29, 1.82) is 0 Å². The first kappa shape index (κ1) is 17.1. The number of nitrogens with one attached hydrogen (secondary N) is 1. The zero-order valence-corrected chi connectivity index (χ0v) is 14.6. The van der Waals surface area contributed by atoms with Gasteiger partial charge in [-0.2, -0.15) is 0 Å². The molecule has 5 nitrogen and oxygen atoms in total. The number of rotatable bonds is 6. The van der Waals surface area contributed by atoms with Crippen LogP contribution in [-0.4, -0.2) is 26.7 Å². The molecule has 2 rings (SSSR count). The van der Waals surface area contributed by atoms with Crippen LogP contribution in [0.3, 0.4) is 0 Å². The van der Waals surface area contributed by atoms with Crippen LogP contribution in [0.4, 0.5) is 0 Å². The maximum Gasteiger partial charge on any atom is 0.223 e. The van der Waals surface area contributed by atoms with Gasteiger partial charge in [0, 0.05) is 12.5 Å². The predicted octanol–water partition coefficient (Wildman–Crippen LogP) is 2.46. The average molecular weight is 371 g/mol. The zero-order chi connectivity index (χ0) is 16.1. The third-order valence-electron chi connectivity index (χ3n) is 4.26. The zero-order valence-electron chi connectivity index (χ0n) is 13.0. The van der Waals surface area contributed by atoms with Gasteiger partial charge in [0.2, 0.25) is 5.91 Å². The Balaban J connectivity index is 2.02. The SMILES string of the molecule is COc1cc(CNC(=O)[C@@H]2CCC[C@@H]2CN)cc(Br)c1OC. The van der Waals surface area contributed by atoms with Gasteiger partial charge < -0.3 is 20.5 Å². The normalized spacial score (nSPS) is 20.7. The van der Waals surface area contributed by atoms with E-state index in [1.807, 2.05) is 12.1 Å². The Morgan fingerprint density at radius 2 is 2.14 bits per heavy atom. The summed E-state index contributed by atoms with van der Waals surface area (Å²) < 4.78 is 11.4. The van der Waals surface area contributed by atoms with Crippen LogP contribution in [0.25, 0.3) is 0 Å². The summed E-state index contributed by atoms with van der Waals surface area (Å²) in [6.45, 7) is 1.05. The molecule has 1 aliphatic rings. The molecule has 0 saturated heterocycles.